The molecule has 1 aromatic heterocycles. The van der Waals surface area contributed by atoms with Crippen LogP contribution >= 0.6 is 0 Å². The number of hydrogen-bond donors (Lipinski definition) is 1. The number of esters is 1. The number of amides is 2. The van der Waals surface area contributed by atoms with Crippen molar-refractivity contribution in [1.82, 2.24) is 14.7 Å². The van der Waals surface area contributed by atoms with Crippen LogP contribution in [0.4, 0.5) is 10.5 Å². The maximum absolute atomic E-state index is 12.4. The van der Waals surface area contributed by atoms with E-state index in [0.29, 0.717) is 31.1 Å². The Labute approximate surface area is 129 Å². The lowest BCUT2D eigenvalue weighted by molar-refractivity contribution is -0.141. The summed E-state index contributed by atoms with van der Waals surface area (Å²) in [5.41, 5.74) is 1.39. The molecule has 2 amide bonds. The summed E-state index contributed by atoms with van der Waals surface area (Å²) in [4.78, 5) is 25.3. The van der Waals surface area contributed by atoms with Gasteiger partial charge in [0, 0.05) is 20.1 Å². The maximum Gasteiger partial charge on any atom is 0.322 e. The SMILES string of the molecule is COC(=O)CC1CCN(C(=O)Nc2c(OC)nn(C)c2C)C1. The van der Waals surface area contributed by atoms with Gasteiger partial charge in [-0.3, -0.25) is 9.48 Å². The van der Waals surface area contributed by atoms with Gasteiger partial charge >= 0.3 is 12.0 Å². The van der Waals surface area contributed by atoms with Crippen LogP contribution in [0.15, 0.2) is 0 Å². The predicted octanol–water partition coefficient (Wildman–Crippen LogP) is 1.15. The second kappa shape index (κ2) is 6.67. The first kappa shape index (κ1) is 16.1. The Morgan fingerprint density at radius 1 is 1.41 bits per heavy atom. The Kier molecular flexibility index (Phi) is 4.89. The quantitative estimate of drug-likeness (QED) is 0.843. The summed E-state index contributed by atoms with van der Waals surface area (Å²) in [6, 6.07) is -0.207. The van der Waals surface area contributed by atoms with Gasteiger partial charge in [-0.15, -0.1) is 5.10 Å². The second-order valence-corrected chi connectivity index (χ2v) is 5.40. The van der Waals surface area contributed by atoms with E-state index < -0.39 is 0 Å². The molecule has 1 aliphatic heterocycles. The fourth-order valence-electron chi connectivity index (χ4n) is 2.55. The lowest BCUT2D eigenvalue weighted by atomic mass is 10.1. The van der Waals surface area contributed by atoms with Gasteiger partial charge in [0.15, 0.2) is 0 Å². The first-order valence-corrected chi connectivity index (χ1v) is 7.16. The van der Waals surface area contributed by atoms with Gasteiger partial charge in [0.1, 0.15) is 5.69 Å². The molecule has 1 fully saturated rings. The molecule has 0 aromatic carbocycles. The van der Waals surface area contributed by atoms with E-state index in [1.54, 1.807) is 16.6 Å². The number of ether oxygens (including phenoxy) is 2. The number of hydrogen-bond acceptors (Lipinski definition) is 5. The summed E-state index contributed by atoms with van der Waals surface area (Å²) in [5, 5.41) is 7.02. The van der Waals surface area contributed by atoms with E-state index >= 15 is 0 Å². The zero-order valence-electron chi connectivity index (χ0n) is 13.4. The Morgan fingerprint density at radius 3 is 2.77 bits per heavy atom. The van der Waals surface area contributed by atoms with Crippen LogP contribution in [0.5, 0.6) is 5.88 Å². The molecule has 1 saturated heterocycles. The van der Waals surface area contributed by atoms with Crippen molar-refractivity contribution in [3.63, 3.8) is 0 Å². The minimum absolute atomic E-state index is 0.148. The van der Waals surface area contributed by atoms with Crippen molar-refractivity contribution in [3.05, 3.63) is 5.69 Å². The van der Waals surface area contributed by atoms with Gasteiger partial charge in [-0.25, -0.2) is 4.79 Å². The van der Waals surface area contributed by atoms with E-state index in [-0.39, 0.29) is 17.9 Å². The summed E-state index contributed by atoms with van der Waals surface area (Å²) in [5.74, 6) is 0.297. The predicted molar refractivity (Wildman–Crippen MR) is 79.8 cm³/mol. The number of anilines is 1. The van der Waals surface area contributed by atoms with Crippen molar-refractivity contribution in [3.8, 4) is 5.88 Å². The van der Waals surface area contributed by atoms with E-state index in [9.17, 15) is 9.59 Å². The largest absolute Gasteiger partial charge is 0.478 e. The lowest BCUT2D eigenvalue weighted by Gasteiger charge is -2.17. The fourth-order valence-corrected chi connectivity index (χ4v) is 2.55. The third-order valence-corrected chi connectivity index (χ3v) is 3.98. The highest BCUT2D eigenvalue weighted by Crippen LogP contribution is 2.28. The van der Waals surface area contributed by atoms with Crippen molar-refractivity contribution in [2.24, 2.45) is 13.0 Å². The smallest absolute Gasteiger partial charge is 0.322 e. The summed E-state index contributed by atoms with van der Waals surface area (Å²) in [6.07, 6.45) is 1.14. The first-order valence-electron chi connectivity index (χ1n) is 7.16. The van der Waals surface area contributed by atoms with Crippen LogP contribution in [-0.2, 0) is 16.6 Å². The van der Waals surface area contributed by atoms with Gasteiger partial charge < -0.3 is 19.7 Å². The molecule has 1 unspecified atom stereocenters. The van der Waals surface area contributed by atoms with E-state index in [2.05, 4.69) is 15.2 Å². The van der Waals surface area contributed by atoms with Crippen molar-refractivity contribution in [2.75, 3.05) is 32.6 Å². The van der Waals surface area contributed by atoms with Crippen molar-refractivity contribution in [1.29, 1.82) is 0 Å². The highest BCUT2D eigenvalue weighted by molar-refractivity contribution is 5.91. The number of carbonyl (C=O) groups is 2. The number of rotatable bonds is 4. The first-order chi connectivity index (χ1) is 10.5. The van der Waals surface area contributed by atoms with E-state index in [4.69, 9.17) is 4.74 Å². The van der Waals surface area contributed by atoms with Crippen molar-refractivity contribution < 1.29 is 19.1 Å². The Bertz CT molecular complexity index is 569. The number of nitrogens with zero attached hydrogens (tertiary/aromatic N) is 3. The third kappa shape index (κ3) is 3.32. The minimum Gasteiger partial charge on any atom is -0.478 e. The third-order valence-electron chi connectivity index (χ3n) is 3.98. The monoisotopic (exact) mass is 310 g/mol. The zero-order chi connectivity index (χ0) is 16.3. The molecule has 1 atom stereocenters. The van der Waals surface area contributed by atoms with Crippen LogP contribution < -0.4 is 10.1 Å². The molecule has 1 N–H and O–H groups in total. The van der Waals surface area contributed by atoms with E-state index in [0.717, 1.165) is 12.1 Å². The molecule has 2 heterocycles. The van der Waals surface area contributed by atoms with Crippen LogP contribution in [0.1, 0.15) is 18.5 Å². The number of nitrogens with one attached hydrogen (secondary N) is 1. The van der Waals surface area contributed by atoms with Gasteiger partial charge in [-0.2, -0.15) is 0 Å². The van der Waals surface area contributed by atoms with Gasteiger partial charge in [-0.05, 0) is 19.3 Å². The Hall–Kier alpha value is -2.25. The van der Waals surface area contributed by atoms with Crippen molar-refractivity contribution >= 4 is 17.7 Å². The van der Waals surface area contributed by atoms with E-state index in [1.807, 2.05) is 6.92 Å². The minimum atomic E-state index is -0.239. The molecular formula is C14H22N4O4. The maximum atomic E-state index is 12.4. The summed E-state index contributed by atoms with van der Waals surface area (Å²) in [7, 11) is 4.68. The van der Waals surface area contributed by atoms with Gasteiger partial charge in [-0.1, -0.05) is 0 Å². The fraction of sp³-hybridized carbons (Fsp3) is 0.643. The lowest BCUT2D eigenvalue weighted by Crippen LogP contribution is -2.33. The molecular weight excluding hydrogens is 288 g/mol. The molecule has 122 valence electrons. The normalized spacial score (nSPS) is 17.5. The van der Waals surface area contributed by atoms with Crippen LogP contribution in [0.2, 0.25) is 0 Å². The second-order valence-electron chi connectivity index (χ2n) is 5.40. The number of methoxy groups -OCH3 is 2. The standard InChI is InChI=1S/C14H22N4O4/c1-9-12(13(22-4)16-17(9)2)15-14(20)18-6-5-10(8-18)7-11(19)21-3/h10H,5-8H2,1-4H3,(H,15,20). The number of carbonyl (C=O) groups excluding carboxylic acids is 2. The molecule has 8 heteroatoms. The summed E-state index contributed by atoms with van der Waals surface area (Å²) < 4.78 is 11.5. The molecule has 0 saturated carbocycles. The zero-order valence-corrected chi connectivity index (χ0v) is 13.4. The molecule has 0 spiro atoms. The Balaban J connectivity index is 1.98. The molecule has 2 rings (SSSR count). The Morgan fingerprint density at radius 2 is 2.14 bits per heavy atom. The molecule has 1 aromatic rings. The van der Waals surface area contributed by atoms with Gasteiger partial charge in [0.25, 0.3) is 5.88 Å². The number of aryl methyl sites for hydroxylation is 1. The molecule has 22 heavy (non-hydrogen) atoms. The van der Waals surface area contributed by atoms with E-state index in [1.165, 1.54) is 14.2 Å². The average molecular weight is 310 g/mol. The number of urea groups is 1. The van der Waals surface area contributed by atoms with Gasteiger partial charge in [0.05, 0.1) is 26.3 Å². The topological polar surface area (TPSA) is 85.7 Å². The van der Waals surface area contributed by atoms with Crippen LogP contribution in [-0.4, -0.2) is 54.0 Å². The molecule has 0 aliphatic carbocycles. The highest BCUT2D eigenvalue weighted by Gasteiger charge is 2.29. The summed E-state index contributed by atoms with van der Waals surface area (Å²) >= 11 is 0. The molecule has 0 bridgehead atoms. The average Bonchev–Trinajstić information content (AvgIpc) is 3.07. The molecule has 8 nitrogen and oxygen atoms in total. The molecule has 1 aliphatic rings. The van der Waals surface area contributed by atoms with Crippen LogP contribution in [0.3, 0.4) is 0 Å². The molecule has 0 radical (unpaired) electrons. The van der Waals surface area contributed by atoms with Crippen LogP contribution in [0.25, 0.3) is 0 Å². The number of likely N-dealkylation sites (tertiary alicyclic amines) is 1. The summed E-state index contributed by atoms with van der Waals surface area (Å²) in [6.45, 7) is 3.02. The van der Waals surface area contributed by atoms with Gasteiger partial charge in [0.2, 0.25) is 0 Å². The highest BCUT2D eigenvalue weighted by atomic mass is 16.5. The number of aromatic nitrogens is 2. The van der Waals surface area contributed by atoms with Crippen molar-refractivity contribution in [2.45, 2.75) is 19.8 Å². The van der Waals surface area contributed by atoms with Crippen LogP contribution in [0, 0.1) is 12.8 Å².